The van der Waals surface area contributed by atoms with Crippen LogP contribution in [-0.4, -0.2) is 7.05 Å². The van der Waals surface area contributed by atoms with E-state index < -0.39 is 0 Å². The highest BCUT2D eigenvalue weighted by Crippen LogP contribution is 2.27. The molecule has 0 amide bonds. The van der Waals surface area contributed by atoms with Crippen LogP contribution in [0.5, 0.6) is 0 Å². The Morgan fingerprint density at radius 1 is 1.31 bits per heavy atom. The van der Waals surface area contributed by atoms with E-state index in [4.69, 9.17) is 11.6 Å². The van der Waals surface area contributed by atoms with Crippen molar-refractivity contribution >= 4 is 11.6 Å². The van der Waals surface area contributed by atoms with Crippen LogP contribution >= 0.6 is 11.6 Å². The molecule has 0 aromatic heterocycles. The number of hydrogen-bond acceptors (Lipinski definition) is 1. The number of aryl methyl sites for hydroxylation is 1. The molecule has 0 saturated carbocycles. The fourth-order valence-corrected chi connectivity index (χ4v) is 1.61. The minimum Gasteiger partial charge on any atom is -0.311 e. The van der Waals surface area contributed by atoms with Gasteiger partial charge in [-0.3, -0.25) is 0 Å². The van der Waals surface area contributed by atoms with Gasteiger partial charge in [0.2, 0.25) is 0 Å². The monoisotopic (exact) mass is 197 g/mol. The third kappa shape index (κ3) is 2.23. The van der Waals surface area contributed by atoms with Crippen LogP contribution in [0.3, 0.4) is 0 Å². The zero-order valence-electron chi connectivity index (χ0n) is 8.61. The quantitative estimate of drug-likeness (QED) is 0.769. The highest BCUT2D eigenvalue weighted by molar-refractivity contribution is 6.31. The fourth-order valence-electron chi connectivity index (χ4n) is 1.25. The SMILES string of the molecule is CNC(C)(C)c1cc(C)ccc1Cl. The van der Waals surface area contributed by atoms with Crippen molar-refractivity contribution in [2.45, 2.75) is 26.3 Å². The second-order valence-electron chi connectivity index (χ2n) is 3.86. The van der Waals surface area contributed by atoms with E-state index in [0.717, 1.165) is 10.6 Å². The van der Waals surface area contributed by atoms with E-state index in [1.807, 2.05) is 19.2 Å². The summed E-state index contributed by atoms with van der Waals surface area (Å²) in [5.41, 5.74) is 2.32. The molecule has 0 spiro atoms. The maximum absolute atomic E-state index is 6.12. The number of halogens is 1. The Balaban J connectivity index is 3.20. The van der Waals surface area contributed by atoms with Crippen molar-refractivity contribution in [3.8, 4) is 0 Å². The molecule has 0 aliphatic rings. The molecule has 1 aromatic carbocycles. The summed E-state index contributed by atoms with van der Waals surface area (Å²) in [5.74, 6) is 0. The van der Waals surface area contributed by atoms with E-state index in [2.05, 4.69) is 32.2 Å². The van der Waals surface area contributed by atoms with Crippen LogP contribution in [0.15, 0.2) is 18.2 Å². The summed E-state index contributed by atoms with van der Waals surface area (Å²) >= 11 is 6.12. The van der Waals surface area contributed by atoms with Gasteiger partial charge >= 0.3 is 0 Å². The van der Waals surface area contributed by atoms with Crippen molar-refractivity contribution < 1.29 is 0 Å². The average Bonchev–Trinajstić information content (AvgIpc) is 2.09. The topological polar surface area (TPSA) is 12.0 Å². The van der Waals surface area contributed by atoms with Crippen molar-refractivity contribution in [2.24, 2.45) is 0 Å². The zero-order valence-corrected chi connectivity index (χ0v) is 9.37. The molecule has 0 aliphatic carbocycles. The lowest BCUT2D eigenvalue weighted by molar-refractivity contribution is 0.444. The molecule has 2 heteroatoms. The molecule has 0 unspecified atom stereocenters. The summed E-state index contributed by atoms with van der Waals surface area (Å²) in [6.45, 7) is 6.31. The van der Waals surface area contributed by atoms with Crippen molar-refractivity contribution in [3.05, 3.63) is 34.3 Å². The Morgan fingerprint density at radius 3 is 2.46 bits per heavy atom. The maximum atomic E-state index is 6.12. The predicted octanol–water partition coefficient (Wildman–Crippen LogP) is 3.10. The molecule has 0 aliphatic heterocycles. The molecule has 1 aromatic rings. The summed E-state index contributed by atoms with van der Waals surface area (Å²) in [4.78, 5) is 0. The lowest BCUT2D eigenvalue weighted by atomic mass is 9.93. The number of hydrogen-bond donors (Lipinski definition) is 1. The standard InChI is InChI=1S/C11H16ClN/c1-8-5-6-10(12)9(7-8)11(2,3)13-4/h5-7,13H,1-4H3. The van der Waals surface area contributed by atoms with E-state index in [1.54, 1.807) is 0 Å². The van der Waals surface area contributed by atoms with Gasteiger partial charge in [0, 0.05) is 10.6 Å². The van der Waals surface area contributed by atoms with Gasteiger partial charge in [-0.05, 0) is 39.4 Å². The molecule has 1 nitrogen and oxygen atoms in total. The second-order valence-corrected chi connectivity index (χ2v) is 4.27. The molecular weight excluding hydrogens is 182 g/mol. The molecule has 0 fully saturated rings. The van der Waals surface area contributed by atoms with Crippen LogP contribution in [0.4, 0.5) is 0 Å². The van der Waals surface area contributed by atoms with Crippen LogP contribution in [-0.2, 0) is 5.54 Å². The van der Waals surface area contributed by atoms with E-state index in [9.17, 15) is 0 Å². The Labute approximate surface area is 85.1 Å². The van der Waals surface area contributed by atoms with Gasteiger partial charge in [-0.15, -0.1) is 0 Å². The minimum absolute atomic E-state index is 0.0664. The molecule has 1 N–H and O–H groups in total. The van der Waals surface area contributed by atoms with E-state index in [0.29, 0.717) is 0 Å². The smallest absolute Gasteiger partial charge is 0.0456 e. The summed E-state index contributed by atoms with van der Waals surface area (Å²) in [6, 6.07) is 6.10. The summed E-state index contributed by atoms with van der Waals surface area (Å²) in [5, 5.41) is 4.07. The number of rotatable bonds is 2. The largest absolute Gasteiger partial charge is 0.311 e. The van der Waals surface area contributed by atoms with Gasteiger partial charge in [-0.25, -0.2) is 0 Å². The Kier molecular flexibility index (Phi) is 2.99. The third-order valence-corrected chi connectivity index (χ3v) is 2.75. The molecule has 0 bridgehead atoms. The van der Waals surface area contributed by atoms with Crippen LogP contribution in [0.2, 0.25) is 5.02 Å². The Morgan fingerprint density at radius 2 is 1.92 bits per heavy atom. The van der Waals surface area contributed by atoms with Crippen LogP contribution in [0.1, 0.15) is 25.0 Å². The fraction of sp³-hybridized carbons (Fsp3) is 0.455. The van der Waals surface area contributed by atoms with Crippen molar-refractivity contribution in [3.63, 3.8) is 0 Å². The van der Waals surface area contributed by atoms with Gasteiger partial charge in [0.1, 0.15) is 0 Å². The molecule has 0 heterocycles. The lowest BCUT2D eigenvalue weighted by Gasteiger charge is -2.26. The molecule has 0 radical (unpaired) electrons. The van der Waals surface area contributed by atoms with Gasteiger partial charge in [-0.1, -0.05) is 29.3 Å². The lowest BCUT2D eigenvalue weighted by Crippen LogP contribution is -2.33. The second kappa shape index (κ2) is 3.69. The van der Waals surface area contributed by atoms with Crippen LogP contribution in [0, 0.1) is 6.92 Å². The number of nitrogens with one attached hydrogen (secondary N) is 1. The van der Waals surface area contributed by atoms with Gasteiger partial charge in [-0.2, -0.15) is 0 Å². The summed E-state index contributed by atoms with van der Waals surface area (Å²) in [7, 11) is 1.94. The zero-order chi connectivity index (χ0) is 10.1. The van der Waals surface area contributed by atoms with Crippen molar-refractivity contribution in [2.75, 3.05) is 7.05 Å². The molecule has 72 valence electrons. The Hall–Kier alpha value is -0.530. The molecule has 13 heavy (non-hydrogen) atoms. The maximum Gasteiger partial charge on any atom is 0.0456 e. The first kappa shape index (κ1) is 10.6. The molecule has 0 atom stereocenters. The van der Waals surface area contributed by atoms with E-state index >= 15 is 0 Å². The summed E-state index contributed by atoms with van der Waals surface area (Å²) in [6.07, 6.45) is 0. The average molecular weight is 198 g/mol. The van der Waals surface area contributed by atoms with Crippen LogP contribution in [0.25, 0.3) is 0 Å². The summed E-state index contributed by atoms with van der Waals surface area (Å²) < 4.78 is 0. The van der Waals surface area contributed by atoms with Gasteiger partial charge in [0.15, 0.2) is 0 Å². The van der Waals surface area contributed by atoms with E-state index in [-0.39, 0.29) is 5.54 Å². The first-order chi connectivity index (χ1) is 5.97. The predicted molar refractivity (Wildman–Crippen MR) is 58.3 cm³/mol. The molecule has 0 saturated heterocycles. The highest BCUT2D eigenvalue weighted by atomic mass is 35.5. The molecular formula is C11H16ClN. The van der Waals surface area contributed by atoms with E-state index in [1.165, 1.54) is 5.56 Å². The highest BCUT2D eigenvalue weighted by Gasteiger charge is 2.20. The van der Waals surface area contributed by atoms with Gasteiger partial charge < -0.3 is 5.32 Å². The number of benzene rings is 1. The van der Waals surface area contributed by atoms with Gasteiger partial charge in [0.25, 0.3) is 0 Å². The van der Waals surface area contributed by atoms with Crippen LogP contribution < -0.4 is 5.32 Å². The van der Waals surface area contributed by atoms with Gasteiger partial charge in [0.05, 0.1) is 0 Å². The first-order valence-electron chi connectivity index (χ1n) is 4.43. The minimum atomic E-state index is -0.0664. The first-order valence-corrected chi connectivity index (χ1v) is 4.80. The normalized spacial score (nSPS) is 11.8. The van der Waals surface area contributed by atoms with Crippen molar-refractivity contribution in [1.29, 1.82) is 0 Å². The van der Waals surface area contributed by atoms with Crippen molar-refractivity contribution in [1.82, 2.24) is 5.32 Å². The molecule has 1 rings (SSSR count). The Bertz CT molecular complexity index is 305. The third-order valence-electron chi connectivity index (χ3n) is 2.42.